The van der Waals surface area contributed by atoms with Gasteiger partial charge in [0.2, 0.25) is 0 Å². The highest BCUT2D eigenvalue weighted by molar-refractivity contribution is 5.10. The Hall–Kier alpha value is -1.05. The molecular weight excluding hydrogens is 298 g/mol. The molecule has 1 aromatic heterocycles. The third-order valence-electron chi connectivity index (χ3n) is 3.62. The first-order chi connectivity index (χ1) is 11.3. The van der Waals surface area contributed by atoms with Gasteiger partial charge in [-0.15, -0.1) is 0 Å². The molecule has 2 bridgehead atoms. The predicted octanol–water partition coefficient (Wildman–Crippen LogP) is 1.96. The lowest BCUT2D eigenvalue weighted by Crippen LogP contribution is -2.27. The lowest BCUT2D eigenvalue weighted by Gasteiger charge is -2.21. The second kappa shape index (κ2) is 10.7. The third kappa shape index (κ3) is 7.37. The zero-order chi connectivity index (χ0) is 16.3. The van der Waals surface area contributed by atoms with Gasteiger partial charge in [-0.05, 0) is 26.0 Å². The number of pyridine rings is 1. The van der Waals surface area contributed by atoms with Gasteiger partial charge in [0, 0.05) is 0 Å². The van der Waals surface area contributed by atoms with E-state index in [4.69, 9.17) is 23.7 Å². The maximum Gasteiger partial charge on any atom is 0.0892 e. The average molecular weight is 325 g/mol. The maximum absolute atomic E-state index is 5.85. The fourth-order valence-electron chi connectivity index (χ4n) is 2.09. The standard InChI is InChI=1S/C17H27NO5/c1-14-15(2)23-13-17-5-3-4-16(18-17)12-21-9-8-19-6-7-20-10-11-22-14/h3-5,14-15H,6-13H2,1-2H3/t14-,15-/m1/s1. The normalized spacial score (nSPS) is 26.2. The number of hydrogen-bond acceptors (Lipinski definition) is 6. The molecule has 1 aliphatic heterocycles. The van der Waals surface area contributed by atoms with Crippen LogP contribution < -0.4 is 0 Å². The van der Waals surface area contributed by atoms with Crippen LogP contribution >= 0.6 is 0 Å². The quantitative estimate of drug-likeness (QED) is 0.727. The first kappa shape index (κ1) is 18.3. The summed E-state index contributed by atoms with van der Waals surface area (Å²) in [6, 6.07) is 5.88. The van der Waals surface area contributed by atoms with Gasteiger partial charge in [0.25, 0.3) is 0 Å². The number of hydrogen-bond donors (Lipinski definition) is 0. The minimum absolute atomic E-state index is 0.000231. The lowest BCUT2D eigenvalue weighted by molar-refractivity contribution is -0.0783. The Bertz CT molecular complexity index is 443. The highest BCUT2D eigenvalue weighted by Crippen LogP contribution is 2.08. The molecule has 0 aliphatic carbocycles. The number of aromatic nitrogens is 1. The summed E-state index contributed by atoms with van der Waals surface area (Å²) in [5, 5.41) is 0. The summed E-state index contributed by atoms with van der Waals surface area (Å²) < 4.78 is 28.0. The summed E-state index contributed by atoms with van der Waals surface area (Å²) in [4.78, 5) is 4.54. The largest absolute Gasteiger partial charge is 0.377 e. The number of fused-ring (bicyclic) bond motifs is 2. The Labute approximate surface area is 138 Å². The molecule has 0 fully saturated rings. The molecule has 130 valence electrons. The Morgan fingerprint density at radius 3 is 2.04 bits per heavy atom. The molecular formula is C17H27NO5. The minimum atomic E-state index is -0.0149. The van der Waals surface area contributed by atoms with E-state index in [1.165, 1.54) is 0 Å². The second-order valence-corrected chi connectivity index (χ2v) is 5.49. The minimum Gasteiger partial charge on any atom is -0.377 e. The van der Waals surface area contributed by atoms with Gasteiger partial charge >= 0.3 is 0 Å². The Morgan fingerprint density at radius 1 is 0.739 bits per heavy atom. The Morgan fingerprint density at radius 2 is 1.30 bits per heavy atom. The average Bonchev–Trinajstić information content (AvgIpc) is 2.57. The molecule has 0 N–H and O–H groups in total. The summed E-state index contributed by atoms with van der Waals surface area (Å²) in [5.74, 6) is 0. The molecule has 0 radical (unpaired) electrons. The molecule has 0 spiro atoms. The monoisotopic (exact) mass is 325 g/mol. The van der Waals surface area contributed by atoms with Gasteiger partial charge in [-0.1, -0.05) is 6.07 Å². The summed E-state index contributed by atoms with van der Waals surface area (Å²) in [5.41, 5.74) is 1.79. The van der Waals surface area contributed by atoms with Crippen LogP contribution in [0.1, 0.15) is 25.2 Å². The highest BCUT2D eigenvalue weighted by atomic mass is 16.6. The van der Waals surface area contributed by atoms with Gasteiger partial charge in [0.1, 0.15) is 0 Å². The predicted molar refractivity (Wildman–Crippen MR) is 85.2 cm³/mol. The summed E-state index contributed by atoms with van der Waals surface area (Å²) >= 11 is 0. The van der Waals surface area contributed by atoms with Crippen LogP contribution in [0, 0.1) is 0 Å². The van der Waals surface area contributed by atoms with Crippen molar-refractivity contribution in [2.75, 3.05) is 39.6 Å². The van der Waals surface area contributed by atoms with E-state index in [2.05, 4.69) is 4.98 Å². The van der Waals surface area contributed by atoms with Crippen molar-refractivity contribution in [3.05, 3.63) is 29.6 Å². The van der Waals surface area contributed by atoms with E-state index in [9.17, 15) is 0 Å². The van der Waals surface area contributed by atoms with Gasteiger partial charge < -0.3 is 23.7 Å². The molecule has 2 heterocycles. The van der Waals surface area contributed by atoms with Crippen LogP contribution in [0.4, 0.5) is 0 Å². The van der Waals surface area contributed by atoms with Crippen LogP contribution in [0.25, 0.3) is 0 Å². The van der Waals surface area contributed by atoms with E-state index in [1.54, 1.807) is 0 Å². The third-order valence-corrected chi connectivity index (χ3v) is 3.62. The lowest BCUT2D eigenvalue weighted by atomic mass is 10.2. The van der Waals surface area contributed by atoms with Crippen molar-refractivity contribution in [1.82, 2.24) is 4.98 Å². The van der Waals surface area contributed by atoms with Crippen molar-refractivity contribution in [3.8, 4) is 0 Å². The van der Waals surface area contributed by atoms with Crippen molar-refractivity contribution in [2.45, 2.75) is 39.3 Å². The molecule has 0 amide bonds. The first-order valence-corrected chi connectivity index (χ1v) is 8.17. The van der Waals surface area contributed by atoms with Crippen molar-refractivity contribution in [3.63, 3.8) is 0 Å². The SMILES string of the molecule is C[C@H]1OCCOCCOCCOCc2cccc(n2)CO[C@@H]1C. The van der Waals surface area contributed by atoms with Crippen LogP contribution in [0.3, 0.4) is 0 Å². The second-order valence-electron chi connectivity index (χ2n) is 5.49. The molecule has 6 heteroatoms. The van der Waals surface area contributed by atoms with E-state index in [1.807, 2.05) is 32.0 Å². The Balaban J connectivity index is 1.89. The van der Waals surface area contributed by atoms with Crippen LogP contribution in [-0.2, 0) is 36.9 Å². The van der Waals surface area contributed by atoms with Gasteiger partial charge in [-0.25, -0.2) is 0 Å². The van der Waals surface area contributed by atoms with E-state index in [0.29, 0.717) is 52.9 Å². The fraction of sp³-hybridized carbons (Fsp3) is 0.706. The fourth-order valence-corrected chi connectivity index (χ4v) is 2.09. The smallest absolute Gasteiger partial charge is 0.0892 e. The van der Waals surface area contributed by atoms with E-state index < -0.39 is 0 Å². The van der Waals surface area contributed by atoms with Crippen molar-refractivity contribution >= 4 is 0 Å². The Kier molecular flexibility index (Phi) is 8.49. The van der Waals surface area contributed by atoms with E-state index in [-0.39, 0.29) is 12.2 Å². The zero-order valence-corrected chi connectivity index (χ0v) is 14.0. The van der Waals surface area contributed by atoms with Crippen LogP contribution in [0.5, 0.6) is 0 Å². The number of rotatable bonds is 0. The zero-order valence-electron chi connectivity index (χ0n) is 14.0. The highest BCUT2D eigenvalue weighted by Gasteiger charge is 2.13. The van der Waals surface area contributed by atoms with Gasteiger partial charge in [-0.3, -0.25) is 4.98 Å². The molecule has 0 aromatic carbocycles. The van der Waals surface area contributed by atoms with Crippen LogP contribution in [0.2, 0.25) is 0 Å². The molecule has 0 unspecified atom stereocenters. The topological polar surface area (TPSA) is 59.0 Å². The van der Waals surface area contributed by atoms with E-state index >= 15 is 0 Å². The van der Waals surface area contributed by atoms with Crippen molar-refractivity contribution < 1.29 is 23.7 Å². The maximum atomic E-state index is 5.85. The first-order valence-electron chi connectivity index (χ1n) is 8.17. The van der Waals surface area contributed by atoms with Crippen molar-refractivity contribution in [1.29, 1.82) is 0 Å². The molecule has 1 aliphatic rings. The summed E-state index contributed by atoms with van der Waals surface area (Å²) in [6.07, 6.45) is -0.0147. The van der Waals surface area contributed by atoms with Crippen LogP contribution in [-0.4, -0.2) is 56.8 Å². The van der Waals surface area contributed by atoms with Gasteiger partial charge in [0.15, 0.2) is 0 Å². The molecule has 1 aromatic rings. The van der Waals surface area contributed by atoms with E-state index in [0.717, 1.165) is 11.4 Å². The molecule has 0 saturated carbocycles. The van der Waals surface area contributed by atoms with Crippen LogP contribution in [0.15, 0.2) is 18.2 Å². The summed E-state index contributed by atoms with van der Waals surface area (Å²) in [7, 11) is 0. The van der Waals surface area contributed by atoms with Crippen molar-refractivity contribution in [2.24, 2.45) is 0 Å². The molecule has 6 nitrogen and oxygen atoms in total. The molecule has 23 heavy (non-hydrogen) atoms. The van der Waals surface area contributed by atoms with Gasteiger partial charge in [-0.2, -0.15) is 0 Å². The number of ether oxygens (including phenoxy) is 5. The molecule has 0 saturated heterocycles. The van der Waals surface area contributed by atoms with Gasteiger partial charge in [0.05, 0.1) is 76.5 Å². The number of nitrogens with zero attached hydrogens (tertiary/aromatic N) is 1. The molecule has 2 rings (SSSR count). The molecule has 2 atom stereocenters. The summed E-state index contributed by atoms with van der Waals surface area (Å²) in [6.45, 7) is 8.27.